The monoisotopic (exact) mass is 364 g/mol. The van der Waals surface area contributed by atoms with E-state index in [-0.39, 0.29) is 36.4 Å². The fourth-order valence-corrected chi connectivity index (χ4v) is 5.14. The Bertz CT molecular complexity index is 580. The van der Waals surface area contributed by atoms with Gasteiger partial charge in [-0.1, -0.05) is 30.3 Å². The Kier molecular flexibility index (Phi) is 6.03. The summed E-state index contributed by atoms with van der Waals surface area (Å²) in [6.45, 7) is 1.50. The zero-order valence-electron chi connectivity index (χ0n) is 14.6. The van der Waals surface area contributed by atoms with Crippen LogP contribution in [0.5, 0.6) is 0 Å². The van der Waals surface area contributed by atoms with Crippen molar-refractivity contribution in [2.75, 3.05) is 13.2 Å². The molecule has 2 saturated carbocycles. The summed E-state index contributed by atoms with van der Waals surface area (Å²) >= 11 is 0. The van der Waals surface area contributed by atoms with E-state index in [1.165, 1.54) is 18.4 Å². The number of rotatable bonds is 4. The summed E-state index contributed by atoms with van der Waals surface area (Å²) in [5, 5.41) is 3.21. The number of amides is 1. The Balaban J connectivity index is 0.00000182. The number of hydrogen-bond acceptors (Lipinski definition) is 3. The second kappa shape index (κ2) is 8.07. The lowest BCUT2D eigenvalue weighted by Crippen LogP contribution is -2.47. The van der Waals surface area contributed by atoms with Gasteiger partial charge in [0.2, 0.25) is 5.91 Å². The van der Waals surface area contributed by atoms with Crippen molar-refractivity contribution < 1.29 is 9.53 Å². The van der Waals surface area contributed by atoms with E-state index in [1.807, 2.05) is 6.07 Å². The SMILES string of the molecule is Cl.NC1C2CCC(C2)C1C(=O)NCC1CCCOC1c1ccccc1. The Morgan fingerprint density at radius 3 is 2.64 bits per heavy atom. The first kappa shape index (κ1) is 18.7. The number of ether oxygens (including phenoxy) is 1. The molecule has 0 radical (unpaired) electrons. The van der Waals surface area contributed by atoms with Crippen molar-refractivity contribution in [1.29, 1.82) is 0 Å². The first-order valence-electron chi connectivity index (χ1n) is 9.44. The first-order valence-corrected chi connectivity index (χ1v) is 9.44. The highest BCUT2D eigenvalue weighted by Crippen LogP contribution is 2.47. The van der Waals surface area contributed by atoms with E-state index in [0.717, 1.165) is 25.9 Å². The molecule has 3 fully saturated rings. The molecule has 0 aromatic heterocycles. The molecule has 1 amide bonds. The summed E-state index contributed by atoms with van der Waals surface area (Å²) < 4.78 is 6.03. The summed E-state index contributed by atoms with van der Waals surface area (Å²) in [6.07, 6.45) is 5.80. The van der Waals surface area contributed by atoms with E-state index in [2.05, 4.69) is 29.6 Å². The van der Waals surface area contributed by atoms with Crippen molar-refractivity contribution in [3.8, 4) is 0 Å². The minimum absolute atomic E-state index is 0. The lowest BCUT2D eigenvalue weighted by Gasteiger charge is -2.33. The number of nitrogens with two attached hydrogens (primary N) is 1. The van der Waals surface area contributed by atoms with Gasteiger partial charge in [-0.25, -0.2) is 0 Å². The third kappa shape index (κ3) is 3.71. The summed E-state index contributed by atoms with van der Waals surface area (Å²) in [5.41, 5.74) is 7.52. The average molecular weight is 365 g/mol. The van der Waals surface area contributed by atoms with Crippen LogP contribution >= 0.6 is 12.4 Å². The molecule has 138 valence electrons. The van der Waals surface area contributed by atoms with Gasteiger partial charge < -0.3 is 15.8 Å². The van der Waals surface area contributed by atoms with E-state index < -0.39 is 0 Å². The molecular formula is C20H29ClN2O2. The average Bonchev–Trinajstić information content (AvgIpc) is 3.22. The molecule has 5 heteroatoms. The molecule has 3 aliphatic rings. The molecule has 2 aliphatic carbocycles. The van der Waals surface area contributed by atoms with E-state index >= 15 is 0 Å². The maximum absolute atomic E-state index is 12.7. The van der Waals surface area contributed by atoms with Crippen LogP contribution in [0, 0.1) is 23.7 Å². The molecule has 25 heavy (non-hydrogen) atoms. The van der Waals surface area contributed by atoms with Crippen LogP contribution < -0.4 is 11.1 Å². The van der Waals surface area contributed by atoms with Crippen molar-refractivity contribution >= 4 is 18.3 Å². The lowest BCUT2D eigenvalue weighted by atomic mass is 9.84. The number of benzene rings is 1. The Morgan fingerprint density at radius 2 is 1.92 bits per heavy atom. The molecule has 3 N–H and O–H groups in total. The van der Waals surface area contributed by atoms with E-state index in [9.17, 15) is 4.79 Å². The number of hydrogen-bond donors (Lipinski definition) is 2. The van der Waals surface area contributed by atoms with Crippen molar-refractivity contribution in [2.45, 2.75) is 44.2 Å². The summed E-state index contributed by atoms with van der Waals surface area (Å²) in [5.74, 6) is 1.63. The largest absolute Gasteiger partial charge is 0.373 e. The second-order valence-corrected chi connectivity index (χ2v) is 7.79. The van der Waals surface area contributed by atoms with Crippen LogP contribution in [0.1, 0.15) is 43.8 Å². The Hall–Kier alpha value is -1.10. The number of halogens is 1. The molecule has 1 saturated heterocycles. The molecule has 2 bridgehead atoms. The topological polar surface area (TPSA) is 64.4 Å². The number of fused-ring (bicyclic) bond motifs is 2. The molecule has 4 rings (SSSR count). The van der Waals surface area contributed by atoms with E-state index in [4.69, 9.17) is 10.5 Å². The zero-order chi connectivity index (χ0) is 16.5. The number of carbonyl (C=O) groups excluding carboxylic acids is 1. The third-order valence-corrected chi connectivity index (χ3v) is 6.39. The van der Waals surface area contributed by atoms with Crippen LogP contribution in [-0.4, -0.2) is 25.1 Å². The summed E-state index contributed by atoms with van der Waals surface area (Å²) in [6, 6.07) is 10.4. The fourth-order valence-electron chi connectivity index (χ4n) is 5.14. The van der Waals surface area contributed by atoms with Gasteiger partial charge in [0, 0.05) is 25.1 Å². The summed E-state index contributed by atoms with van der Waals surface area (Å²) in [4.78, 5) is 12.7. The molecule has 1 heterocycles. The number of nitrogens with one attached hydrogen (secondary N) is 1. The fraction of sp³-hybridized carbons (Fsp3) is 0.650. The predicted molar refractivity (Wildman–Crippen MR) is 100 cm³/mol. The van der Waals surface area contributed by atoms with Crippen LogP contribution in [0.25, 0.3) is 0 Å². The highest BCUT2D eigenvalue weighted by Gasteiger charge is 2.49. The molecule has 6 unspecified atom stereocenters. The van der Waals surface area contributed by atoms with Gasteiger partial charge in [0.15, 0.2) is 0 Å². The molecule has 1 aromatic rings. The molecule has 6 atom stereocenters. The van der Waals surface area contributed by atoms with Gasteiger partial charge in [0.1, 0.15) is 0 Å². The molecule has 4 nitrogen and oxygen atoms in total. The van der Waals surface area contributed by atoms with Gasteiger partial charge in [-0.2, -0.15) is 0 Å². The normalized spacial score (nSPS) is 36.7. The van der Waals surface area contributed by atoms with E-state index in [0.29, 0.717) is 24.3 Å². The lowest BCUT2D eigenvalue weighted by molar-refractivity contribution is -0.127. The van der Waals surface area contributed by atoms with Gasteiger partial charge in [0.25, 0.3) is 0 Å². The zero-order valence-corrected chi connectivity index (χ0v) is 15.4. The quantitative estimate of drug-likeness (QED) is 0.862. The predicted octanol–water partition coefficient (Wildman–Crippen LogP) is 3.07. The first-order chi connectivity index (χ1) is 11.7. The highest BCUT2D eigenvalue weighted by atomic mass is 35.5. The molecule has 1 aromatic carbocycles. The maximum atomic E-state index is 12.7. The van der Waals surface area contributed by atoms with Crippen LogP contribution in [0.2, 0.25) is 0 Å². The van der Waals surface area contributed by atoms with Gasteiger partial charge in [0.05, 0.1) is 12.0 Å². The van der Waals surface area contributed by atoms with Crippen molar-refractivity contribution in [3.63, 3.8) is 0 Å². The van der Waals surface area contributed by atoms with Crippen molar-refractivity contribution in [3.05, 3.63) is 35.9 Å². The van der Waals surface area contributed by atoms with Crippen LogP contribution in [0.3, 0.4) is 0 Å². The Morgan fingerprint density at radius 1 is 1.16 bits per heavy atom. The third-order valence-electron chi connectivity index (χ3n) is 6.39. The molecule has 0 spiro atoms. The molecular weight excluding hydrogens is 336 g/mol. The van der Waals surface area contributed by atoms with E-state index in [1.54, 1.807) is 0 Å². The van der Waals surface area contributed by atoms with Gasteiger partial charge in [-0.3, -0.25) is 4.79 Å². The second-order valence-electron chi connectivity index (χ2n) is 7.79. The van der Waals surface area contributed by atoms with Gasteiger partial charge >= 0.3 is 0 Å². The summed E-state index contributed by atoms with van der Waals surface area (Å²) in [7, 11) is 0. The number of carbonyl (C=O) groups is 1. The smallest absolute Gasteiger partial charge is 0.224 e. The minimum Gasteiger partial charge on any atom is -0.373 e. The highest BCUT2D eigenvalue weighted by molar-refractivity contribution is 5.85. The van der Waals surface area contributed by atoms with Gasteiger partial charge in [-0.15, -0.1) is 12.4 Å². The maximum Gasteiger partial charge on any atom is 0.224 e. The standard InChI is InChI=1S/C20H28N2O2.ClH/c21-18-15-9-8-14(11-15)17(18)20(23)22-12-16-7-4-10-24-19(16)13-5-2-1-3-6-13;/h1-3,5-6,14-19H,4,7-12,21H2,(H,22,23);1H. The Labute approximate surface area is 156 Å². The van der Waals surface area contributed by atoms with Gasteiger partial charge in [-0.05, 0) is 49.5 Å². The van der Waals surface area contributed by atoms with Crippen molar-refractivity contribution in [2.24, 2.45) is 29.4 Å². The van der Waals surface area contributed by atoms with Crippen LogP contribution in [0.4, 0.5) is 0 Å². The molecule has 1 aliphatic heterocycles. The van der Waals surface area contributed by atoms with Crippen molar-refractivity contribution in [1.82, 2.24) is 5.32 Å². The minimum atomic E-state index is 0. The van der Waals surface area contributed by atoms with Crippen LogP contribution in [-0.2, 0) is 9.53 Å². The van der Waals surface area contributed by atoms with Crippen LogP contribution in [0.15, 0.2) is 30.3 Å².